The second-order valence-corrected chi connectivity index (χ2v) is 9.55. The summed E-state index contributed by atoms with van der Waals surface area (Å²) in [5.41, 5.74) is 6.03. The van der Waals surface area contributed by atoms with Gasteiger partial charge >= 0.3 is 0 Å². The Kier molecular flexibility index (Phi) is 7.00. The van der Waals surface area contributed by atoms with Gasteiger partial charge in [0.2, 0.25) is 0 Å². The van der Waals surface area contributed by atoms with E-state index in [-0.39, 0.29) is 5.60 Å². The van der Waals surface area contributed by atoms with Gasteiger partial charge in [-0.2, -0.15) is 0 Å². The summed E-state index contributed by atoms with van der Waals surface area (Å²) in [7, 11) is 1.71. The Bertz CT molecular complexity index is 1150. The summed E-state index contributed by atoms with van der Waals surface area (Å²) in [4.78, 5) is 6.90. The summed E-state index contributed by atoms with van der Waals surface area (Å²) in [5.74, 6) is 0.864. The van der Waals surface area contributed by atoms with Crippen LogP contribution in [0.1, 0.15) is 41.5 Å². The predicted octanol–water partition coefficient (Wildman–Crippen LogP) is 6.13. The number of rotatable bonds is 6. The number of aromatic nitrogens is 1. The van der Waals surface area contributed by atoms with Crippen molar-refractivity contribution in [2.75, 3.05) is 33.4 Å². The number of ether oxygens (including phenoxy) is 2. The number of hydrogen-bond donors (Lipinski definition) is 0. The van der Waals surface area contributed by atoms with Crippen LogP contribution in [-0.4, -0.2) is 43.2 Å². The van der Waals surface area contributed by atoms with Crippen molar-refractivity contribution in [3.8, 4) is 5.75 Å². The van der Waals surface area contributed by atoms with Crippen LogP contribution in [0.5, 0.6) is 5.75 Å². The number of fused-ring (bicyclic) bond motifs is 2. The fraction of sp³-hybridized carbons (Fsp3) is 0.345. The van der Waals surface area contributed by atoms with E-state index in [2.05, 4.69) is 46.3 Å². The van der Waals surface area contributed by atoms with Crippen molar-refractivity contribution in [2.24, 2.45) is 0 Å². The lowest BCUT2D eigenvalue weighted by Crippen LogP contribution is -2.46. The largest absolute Gasteiger partial charge is 0.497 e. The molecule has 34 heavy (non-hydrogen) atoms. The predicted molar refractivity (Wildman–Crippen MR) is 137 cm³/mol. The summed E-state index contributed by atoms with van der Waals surface area (Å²) in [5, 5.41) is 0.820. The van der Waals surface area contributed by atoms with Crippen LogP contribution in [0, 0.1) is 0 Å². The normalized spacial score (nSPS) is 18.0. The maximum absolute atomic E-state index is 6.40. The van der Waals surface area contributed by atoms with Crippen molar-refractivity contribution in [1.29, 1.82) is 0 Å². The number of halogens is 1. The Morgan fingerprint density at radius 2 is 1.97 bits per heavy atom. The third kappa shape index (κ3) is 4.90. The Morgan fingerprint density at radius 3 is 2.76 bits per heavy atom. The molecular formula is C29H31ClN2O2. The molecule has 1 spiro atoms. The zero-order valence-corrected chi connectivity index (χ0v) is 20.4. The van der Waals surface area contributed by atoms with Gasteiger partial charge in [-0.3, -0.25) is 4.98 Å². The van der Waals surface area contributed by atoms with Crippen LogP contribution < -0.4 is 4.74 Å². The van der Waals surface area contributed by atoms with Crippen LogP contribution >= 0.6 is 11.6 Å². The zero-order valence-electron chi connectivity index (χ0n) is 19.7. The quantitative estimate of drug-likeness (QED) is 0.430. The highest BCUT2D eigenvalue weighted by molar-refractivity contribution is 6.30. The van der Waals surface area contributed by atoms with Gasteiger partial charge in [0.05, 0.1) is 19.3 Å². The van der Waals surface area contributed by atoms with E-state index >= 15 is 0 Å². The van der Waals surface area contributed by atoms with Crippen molar-refractivity contribution in [3.05, 3.63) is 100 Å². The van der Waals surface area contributed by atoms with Gasteiger partial charge in [0, 0.05) is 42.6 Å². The molecule has 1 aromatic heterocycles. The Hall–Kier alpha value is -2.66. The van der Waals surface area contributed by atoms with Gasteiger partial charge in [0.15, 0.2) is 0 Å². The van der Waals surface area contributed by atoms with Gasteiger partial charge in [0.25, 0.3) is 0 Å². The van der Waals surface area contributed by atoms with Crippen molar-refractivity contribution in [3.63, 3.8) is 0 Å². The molecule has 0 radical (unpaired) electrons. The molecule has 1 saturated heterocycles. The standard InChI is InChI=1S/C29H31ClN2O2/c1-33-26-7-2-5-22(20-26)27(24-6-3-14-31-21-24)8-4-15-32-16-12-29(13-17-32)28-10-9-25(30)19-23(28)11-18-34-29/h2-3,5-10,14,19-21H,4,11-13,15-18H2,1H3/b27-8-. The van der Waals surface area contributed by atoms with Crippen molar-refractivity contribution < 1.29 is 9.47 Å². The van der Waals surface area contributed by atoms with Crippen molar-refractivity contribution in [1.82, 2.24) is 9.88 Å². The number of benzene rings is 2. The second-order valence-electron chi connectivity index (χ2n) is 9.12. The van der Waals surface area contributed by atoms with E-state index in [1.807, 2.05) is 36.7 Å². The van der Waals surface area contributed by atoms with Crippen LogP contribution in [0.3, 0.4) is 0 Å². The first-order valence-electron chi connectivity index (χ1n) is 12.1. The van der Waals surface area contributed by atoms with E-state index in [0.717, 1.165) is 73.8 Å². The lowest BCUT2D eigenvalue weighted by atomic mass is 9.79. The molecule has 3 heterocycles. The minimum Gasteiger partial charge on any atom is -0.497 e. The van der Waals surface area contributed by atoms with Crippen LogP contribution in [0.15, 0.2) is 73.1 Å². The zero-order chi connectivity index (χ0) is 23.4. The number of nitrogens with zero attached hydrogens (tertiary/aromatic N) is 2. The van der Waals surface area contributed by atoms with Gasteiger partial charge in [-0.05, 0) is 78.3 Å². The molecule has 0 aliphatic carbocycles. The highest BCUT2D eigenvalue weighted by Crippen LogP contribution is 2.42. The molecule has 0 atom stereocenters. The van der Waals surface area contributed by atoms with Crippen LogP contribution in [0.2, 0.25) is 5.02 Å². The van der Waals surface area contributed by atoms with E-state index in [1.54, 1.807) is 7.11 Å². The lowest BCUT2D eigenvalue weighted by Gasteiger charge is -2.45. The Morgan fingerprint density at radius 1 is 1.12 bits per heavy atom. The first kappa shape index (κ1) is 23.1. The minimum absolute atomic E-state index is 0.147. The molecule has 0 saturated carbocycles. The fourth-order valence-electron chi connectivity index (χ4n) is 5.31. The van der Waals surface area contributed by atoms with Crippen LogP contribution in [0.25, 0.3) is 5.57 Å². The summed E-state index contributed by atoms with van der Waals surface area (Å²) in [6.07, 6.45) is 10.1. The SMILES string of the molecule is COc1cccc(/C(=C/CCN2CCC3(CC2)OCCc2cc(Cl)ccc23)c2cccnc2)c1. The topological polar surface area (TPSA) is 34.6 Å². The number of methoxy groups -OCH3 is 1. The molecule has 2 aliphatic rings. The molecular weight excluding hydrogens is 444 g/mol. The molecule has 176 valence electrons. The maximum atomic E-state index is 6.40. The van der Waals surface area contributed by atoms with E-state index in [1.165, 1.54) is 16.7 Å². The summed E-state index contributed by atoms with van der Waals surface area (Å²) < 4.78 is 11.9. The average molecular weight is 475 g/mol. The molecule has 2 aliphatic heterocycles. The van der Waals surface area contributed by atoms with Crippen LogP contribution in [-0.2, 0) is 16.8 Å². The number of hydrogen-bond acceptors (Lipinski definition) is 4. The molecule has 0 N–H and O–H groups in total. The summed E-state index contributed by atoms with van der Waals surface area (Å²) in [6.45, 7) is 3.89. The molecule has 3 aromatic rings. The van der Waals surface area contributed by atoms with E-state index in [4.69, 9.17) is 21.1 Å². The molecule has 0 unspecified atom stereocenters. The van der Waals surface area contributed by atoms with E-state index in [9.17, 15) is 0 Å². The smallest absolute Gasteiger partial charge is 0.119 e. The second kappa shape index (κ2) is 10.3. The Labute approximate surface area is 207 Å². The van der Waals surface area contributed by atoms with Gasteiger partial charge < -0.3 is 14.4 Å². The van der Waals surface area contributed by atoms with Gasteiger partial charge in [-0.15, -0.1) is 0 Å². The first-order chi connectivity index (χ1) is 16.7. The molecule has 2 aromatic carbocycles. The molecule has 0 bridgehead atoms. The first-order valence-corrected chi connectivity index (χ1v) is 12.4. The van der Waals surface area contributed by atoms with Crippen molar-refractivity contribution in [2.45, 2.75) is 31.3 Å². The van der Waals surface area contributed by atoms with Gasteiger partial charge in [-0.1, -0.05) is 41.9 Å². The maximum Gasteiger partial charge on any atom is 0.119 e. The van der Waals surface area contributed by atoms with E-state index in [0.29, 0.717) is 0 Å². The summed E-state index contributed by atoms with van der Waals surface area (Å²) >= 11 is 6.25. The lowest BCUT2D eigenvalue weighted by molar-refractivity contribution is -0.0976. The number of likely N-dealkylation sites (tertiary alicyclic amines) is 1. The van der Waals surface area contributed by atoms with E-state index < -0.39 is 0 Å². The Balaban J connectivity index is 1.27. The molecule has 4 nitrogen and oxygen atoms in total. The number of piperidine rings is 1. The fourth-order valence-corrected chi connectivity index (χ4v) is 5.50. The highest BCUT2D eigenvalue weighted by atomic mass is 35.5. The average Bonchev–Trinajstić information content (AvgIpc) is 2.88. The molecule has 1 fully saturated rings. The monoisotopic (exact) mass is 474 g/mol. The van der Waals surface area contributed by atoms with Crippen LogP contribution in [0.4, 0.5) is 0 Å². The number of pyridine rings is 1. The molecule has 0 amide bonds. The highest BCUT2D eigenvalue weighted by Gasteiger charge is 2.40. The van der Waals surface area contributed by atoms with Gasteiger partial charge in [-0.25, -0.2) is 0 Å². The third-order valence-corrected chi connectivity index (χ3v) is 7.35. The molecule has 5 heteroatoms. The minimum atomic E-state index is -0.147. The summed E-state index contributed by atoms with van der Waals surface area (Å²) in [6, 6.07) is 18.7. The van der Waals surface area contributed by atoms with Gasteiger partial charge in [0.1, 0.15) is 5.75 Å². The van der Waals surface area contributed by atoms with Crippen molar-refractivity contribution >= 4 is 17.2 Å². The molecule has 5 rings (SSSR count). The third-order valence-electron chi connectivity index (χ3n) is 7.12.